The van der Waals surface area contributed by atoms with Crippen LogP contribution in [-0.2, 0) is 19.1 Å². The normalized spacial score (nSPS) is 24.4. The van der Waals surface area contributed by atoms with Gasteiger partial charge in [-0.05, 0) is 44.6 Å². The second-order valence-corrected chi connectivity index (χ2v) is 9.32. The topological polar surface area (TPSA) is 137 Å². The van der Waals surface area contributed by atoms with Gasteiger partial charge in [-0.1, -0.05) is 63.7 Å². The van der Waals surface area contributed by atoms with Gasteiger partial charge in [0.25, 0.3) is 0 Å². The van der Waals surface area contributed by atoms with E-state index in [0.29, 0.717) is 0 Å². The van der Waals surface area contributed by atoms with E-state index in [4.69, 9.17) is 9.47 Å². The maximum atomic E-state index is 12.2. The van der Waals surface area contributed by atoms with E-state index < -0.39 is 43.2 Å². The van der Waals surface area contributed by atoms with Gasteiger partial charge in [-0.3, -0.25) is 9.59 Å². The van der Waals surface area contributed by atoms with E-state index in [0.717, 1.165) is 25.7 Å². The van der Waals surface area contributed by atoms with Gasteiger partial charge >= 0.3 is 0 Å². The molecular weight excluding hydrogens is 464 g/mol. The number of aliphatic hydroxyl groups excluding tert-OH is 3. The lowest BCUT2D eigenvalue weighted by Crippen LogP contribution is -2.65. The SMILES string of the molecule is CCCCCCC=CCCCCCCCC=CC(=O)NCC(=O)NC1C(OC)OC(CO)C(O)C1O. The lowest BCUT2D eigenvalue weighted by atomic mass is 9.97. The van der Waals surface area contributed by atoms with Gasteiger partial charge in [0.2, 0.25) is 11.8 Å². The van der Waals surface area contributed by atoms with E-state index in [1.807, 2.05) is 0 Å². The van der Waals surface area contributed by atoms with E-state index >= 15 is 0 Å². The molecular formula is C27H48N2O7. The highest BCUT2D eigenvalue weighted by Crippen LogP contribution is 2.21. The average Bonchev–Trinajstić information content (AvgIpc) is 2.88. The van der Waals surface area contributed by atoms with Crippen LogP contribution in [0.4, 0.5) is 0 Å². The van der Waals surface area contributed by atoms with Crippen LogP contribution < -0.4 is 10.6 Å². The Hall–Kier alpha value is -1.78. The number of allylic oxidation sites excluding steroid dienone is 3. The van der Waals surface area contributed by atoms with Crippen molar-refractivity contribution >= 4 is 11.8 Å². The van der Waals surface area contributed by atoms with Crippen molar-refractivity contribution in [3.8, 4) is 0 Å². The van der Waals surface area contributed by atoms with E-state index in [1.165, 1.54) is 64.6 Å². The zero-order valence-corrected chi connectivity index (χ0v) is 22.1. The Labute approximate surface area is 216 Å². The van der Waals surface area contributed by atoms with Gasteiger partial charge in [-0.25, -0.2) is 0 Å². The van der Waals surface area contributed by atoms with Gasteiger partial charge in [0.05, 0.1) is 13.2 Å². The lowest BCUT2D eigenvalue weighted by Gasteiger charge is -2.41. The lowest BCUT2D eigenvalue weighted by molar-refractivity contribution is -0.262. The maximum Gasteiger partial charge on any atom is 0.244 e. The first-order valence-corrected chi connectivity index (χ1v) is 13.5. The highest BCUT2D eigenvalue weighted by atomic mass is 16.7. The largest absolute Gasteiger partial charge is 0.394 e. The van der Waals surface area contributed by atoms with Crippen molar-refractivity contribution in [3.05, 3.63) is 24.3 Å². The number of ether oxygens (including phenoxy) is 2. The predicted molar refractivity (Wildman–Crippen MR) is 139 cm³/mol. The van der Waals surface area contributed by atoms with Gasteiger partial charge in [0.1, 0.15) is 24.4 Å². The molecule has 1 aliphatic heterocycles. The van der Waals surface area contributed by atoms with Crippen LogP contribution in [0.25, 0.3) is 0 Å². The molecule has 0 radical (unpaired) electrons. The molecule has 5 N–H and O–H groups in total. The van der Waals surface area contributed by atoms with Crippen LogP contribution in [0.3, 0.4) is 0 Å². The Bertz CT molecular complexity index is 654. The van der Waals surface area contributed by atoms with Gasteiger partial charge in [-0.15, -0.1) is 0 Å². The Morgan fingerprint density at radius 3 is 2.06 bits per heavy atom. The summed E-state index contributed by atoms with van der Waals surface area (Å²) in [6, 6.07) is -1.04. The van der Waals surface area contributed by atoms with Gasteiger partial charge in [0.15, 0.2) is 6.29 Å². The van der Waals surface area contributed by atoms with E-state index in [-0.39, 0.29) is 12.5 Å². The minimum absolute atomic E-state index is 0.296. The molecule has 2 amide bonds. The smallest absolute Gasteiger partial charge is 0.244 e. The Morgan fingerprint density at radius 1 is 0.889 bits per heavy atom. The Balaban J connectivity index is 2.10. The molecule has 0 aromatic carbocycles. The average molecular weight is 513 g/mol. The van der Waals surface area contributed by atoms with Crippen molar-refractivity contribution in [1.82, 2.24) is 10.6 Å². The van der Waals surface area contributed by atoms with E-state index in [9.17, 15) is 24.9 Å². The standard InChI is InChI=1S/C27H48N2O7/c1-3-4-5-6-7-8-9-10-11-12-13-14-15-16-17-18-22(31)28-19-23(32)29-24-26(34)25(33)21(20-30)36-27(24)35-2/h8-9,17-18,21,24-27,30,33-34H,3-7,10-16,19-20H2,1-2H3,(H,28,31)(H,29,32). The first-order chi connectivity index (χ1) is 17.4. The number of rotatable bonds is 19. The van der Waals surface area contributed by atoms with Crippen LogP contribution in [0.1, 0.15) is 84.0 Å². The predicted octanol–water partition coefficient (Wildman–Crippen LogP) is 2.49. The number of hydrogen-bond acceptors (Lipinski definition) is 7. The van der Waals surface area contributed by atoms with Crippen LogP contribution >= 0.6 is 0 Å². The number of amides is 2. The third kappa shape index (κ3) is 13.5. The molecule has 9 heteroatoms. The molecule has 1 heterocycles. The summed E-state index contributed by atoms with van der Waals surface area (Å²) in [5.41, 5.74) is 0. The fraction of sp³-hybridized carbons (Fsp3) is 0.778. The molecule has 0 saturated carbocycles. The number of carbonyl (C=O) groups excluding carboxylic acids is 2. The quantitative estimate of drug-likeness (QED) is 0.102. The molecule has 0 aliphatic carbocycles. The van der Waals surface area contributed by atoms with Crippen molar-refractivity contribution < 1.29 is 34.4 Å². The third-order valence-electron chi connectivity index (χ3n) is 6.27. The molecule has 0 spiro atoms. The first kappa shape index (κ1) is 32.2. The van der Waals surface area contributed by atoms with Crippen LogP contribution in [0.5, 0.6) is 0 Å². The van der Waals surface area contributed by atoms with Crippen LogP contribution in [-0.4, -0.2) is 78.0 Å². The summed E-state index contributed by atoms with van der Waals surface area (Å²) in [7, 11) is 1.32. The number of unbranched alkanes of at least 4 members (excludes halogenated alkanes) is 10. The third-order valence-corrected chi connectivity index (χ3v) is 6.27. The van der Waals surface area contributed by atoms with E-state index in [1.54, 1.807) is 6.08 Å². The molecule has 1 aliphatic rings. The van der Waals surface area contributed by atoms with Gasteiger partial charge < -0.3 is 35.4 Å². The molecule has 0 aromatic rings. The number of carbonyl (C=O) groups is 2. The highest BCUT2D eigenvalue weighted by Gasteiger charge is 2.45. The number of nitrogens with one attached hydrogen (secondary N) is 2. The maximum absolute atomic E-state index is 12.2. The molecule has 1 saturated heterocycles. The Kier molecular flexibility index (Phi) is 18.2. The second-order valence-electron chi connectivity index (χ2n) is 9.32. The number of hydrogen-bond donors (Lipinski definition) is 5. The fourth-order valence-electron chi connectivity index (χ4n) is 4.07. The van der Waals surface area contributed by atoms with Crippen LogP contribution in [0.15, 0.2) is 24.3 Å². The summed E-state index contributed by atoms with van der Waals surface area (Å²) in [5.74, 6) is -0.941. The summed E-state index contributed by atoms with van der Waals surface area (Å²) in [4.78, 5) is 24.1. The molecule has 1 rings (SSSR count). The zero-order chi connectivity index (χ0) is 26.6. The molecule has 5 atom stereocenters. The van der Waals surface area contributed by atoms with Crippen molar-refractivity contribution in [1.29, 1.82) is 0 Å². The molecule has 9 nitrogen and oxygen atoms in total. The van der Waals surface area contributed by atoms with Crippen molar-refractivity contribution in [2.75, 3.05) is 20.3 Å². The van der Waals surface area contributed by atoms with Crippen LogP contribution in [0, 0.1) is 0 Å². The second kappa shape index (κ2) is 20.3. The summed E-state index contributed by atoms with van der Waals surface area (Å²) in [6.07, 6.45) is 17.2. The molecule has 36 heavy (non-hydrogen) atoms. The van der Waals surface area contributed by atoms with Gasteiger partial charge in [0, 0.05) is 7.11 Å². The summed E-state index contributed by atoms with van der Waals surface area (Å²) < 4.78 is 10.4. The van der Waals surface area contributed by atoms with E-state index in [2.05, 4.69) is 29.7 Å². The first-order valence-electron chi connectivity index (χ1n) is 13.5. The van der Waals surface area contributed by atoms with Crippen molar-refractivity contribution in [2.24, 2.45) is 0 Å². The van der Waals surface area contributed by atoms with Crippen molar-refractivity contribution in [3.63, 3.8) is 0 Å². The summed E-state index contributed by atoms with van der Waals surface area (Å²) >= 11 is 0. The molecule has 208 valence electrons. The fourth-order valence-corrected chi connectivity index (χ4v) is 4.07. The molecule has 0 bridgehead atoms. The van der Waals surface area contributed by atoms with Gasteiger partial charge in [-0.2, -0.15) is 0 Å². The zero-order valence-electron chi connectivity index (χ0n) is 22.1. The summed E-state index contributed by atoms with van der Waals surface area (Å²) in [5, 5.41) is 34.4. The number of aliphatic hydroxyl groups is 3. The number of methoxy groups -OCH3 is 1. The highest BCUT2D eigenvalue weighted by molar-refractivity contribution is 5.91. The van der Waals surface area contributed by atoms with Crippen molar-refractivity contribution in [2.45, 2.75) is 115 Å². The molecule has 0 aromatic heterocycles. The molecule has 1 fully saturated rings. The minimum Gasteiger partial charge on any atom is -0.394 e. The Morgan fingerprint density at radius 2 is 1.47 bits per heavy atom. The minimum atomic E-state index is -1.39. The summed E-state index contributed by atoms with van der Waals surface area (Å²) in [6.45, 7) is 1.43. The van der Waals surface area contributed by atoms with Crippen LogP contribution in [0.2, 0.25) is 0 Å². The molecule has 5 unspecified atom stereocenters. The monoisotopic (exact) mass is 512 g/mol.